The Kier molecular flexibility index (Phi) is 7.50. The molecule has 0 fully saturated rings. The predicted molar refractivity (Wildman–Crippen MR) is 103 cm³/mol. The summed E-state index contributed by atoms with van der Waals surface area (Å²) in [5.74, 6) is 0.346. The number of methoxy groups -OCH3 is 1. The first-order chi connectivity index (χ1) is 12.9. The monoisotopic (exact) mass is 396 g/mol. The number of carbonyl (C=O) groups excluding carboxylic acids is 2. The van der Waals surface area contributed by atoms with Crippen molar-refractivity contribution in [1.82, 2.24) is 10.6 Å². The number of halogens is 1. The van der Waals surface area contributed by atoms with Crippen LogP contribution in [0.15, 0.2) is 29.5 Å². The molecule has 27 heavy (non-hydrogen) atoms. The molecule has 1 aromatic rings. The molecule has 1 aliphatic heterocycles. The Balaban J connectivity index is 2.26. The molecule has 0 radical (unpaired) electrons. The average Bonchev–Trinajstić information content (AvgIpc) is 2.61. The molecule has 2 atom stereocenters. The molecule has 0 bridgehead atoms. The van der Waals surface area contributed by atoms with Gasteiger partial charge in [-0.25, -0.2) is 9.59 Å². The standard InChI is InChI=1S/C19H26ClN3O4/c1-5-14-17(18(24)27-6-2)15(22-19(25)21-14)11-23(3)10-12-9-13(20)7-8-16(12)26-4/h7-9,14H,5-6,10-11H2,1-4H3,(H2,21,22,25)/p+1/t14-/m1/s1. The van der Waals surface area contributed by atoms with Gasteiger partial charge in [-0.15, -0.1) is 0 Å². The lowest BCUT2D eigenvalue weighted by Gasteiger charge is -2.29. The summed E-state index contributed by atoms with van der Waals surface area (Å²) >= 11 is 6.11. The van der Waals surface area contributed by atoms with Crippen LogP contribution in [0.25, 0.3) is 0 Å². The smallest absolute Gasteiger partial charge is 0.338 e. The quantitative estimate of drug-likeness (QED) is 0.578. The minimum Gasteiger partial charge on any atom is -0.496 e. The summed E-state index contributed by atoms with van der Waals surface area (Å²) in [5, 5.41) is 6.19. The molecule has 0 aliphatic carbocycles. The summed E-state index contributed by atoms with van der Waals surface area (Å²) in [5.41, 5.74) is 2.02. The molecule has 0 saturated heterocycles. The van der Waals surface area contributed by atoms with Gasteiger partial charge in [-0.1, -0.05) is 18.5 Å². The molecule has 0 aromatic heterocycles. The van der Waals surface area contributed by atoms with E-state index in [0.717, 1.165) is 16.2 Å². The lowest BCUT2D eigenvalue weighted by Crippen LogP contribution is -3.08. The second kappa shape index (κ2) is 9.62. The first-order valence-electron chi connectivity index (χ1n) is 9.00. The van der Waals surface area contributed by atoms with Gasteiger partial charge in [0, 0.05) is 10.6 Å². The lowest BCUT2D eigenvalue weighted by molar-refractivity contribution is -0.889. The number of hydrogen-bond donors (Lipinski definition) is 3. The highest BCUT2D eigenvalue weighted by Gasteiger charge is 2.32. The SMILES string of the molecule is CCOC(=O)C1=C(C[NH+](C)Cc2cc(Cl)ccc2OC)NC(=O)N[C@@H]1CC. The van der Waals surface area contributed by atoms with E-state index in [9.17, 15) is 9.59 Å². The fraction of sp³-hybridized carbons (Fsp3) is 0.474. The molecule has 2 rings (SSSR count). The van der Waals surface area contributed by atoms with Gasteiger partial charge in [0.15, 0.2) is 0 Å². The van der Waals surface area contributed by atoms with Gasteiger partial charge in [0.2, 0.25) is 0 Å². The lowest BCUT2D eigenvalue weighted by atomic mass is 10.00. The molecule has 2 amide bonds. The van der Waals surface area contributed by atoms with Crippen LogP contribution in [-0.2, 0) is 16.1 Å². The van der Waals surface area contributed by atoms with Crippen LogP contribution in [0, 0.1) is 0 Å². The Morgan fingerprint density at radius 2 is 2.04 bits per heavy atom. The van der Waals surface area contributed by atoms with Gasteiger partial charge >= 0.3 is 12.0 Å². The zero-order valence-corrected chi connectivity index (χ0v) is 16.9. The number of urea groups is 1. The summed E-state index contributed by atoms with van der Waals surface area (Å²) < 4.78 is 10.6. The zero-order chi connectivity index (χ0) is 20.0. The van der Waals surface area contributed by atoms with E-state index in [1.807, 2.05) is 26.1 Å². The summed E-state index contributed by atoms with van der Waals surface area (Å²) in [7, 11) is 3.59. The van der Waals surface area contributed by atoms with E-state index >= 15 is 0 Å². The van der Waals surface area contributed by atoms with Crippen molar-refractivity contribution in [3.8, 4) is 5.75 Å². The molecule has 8 heteroatoms. The third-order valence-electron chi connectivity index (χ3n) is 4.36. The van der Waals surface area contributed by atoms with Crippen molar-refractivity contribution in [2.24, 2.45) is 0 Å². The third kappa shape index (κ3) is 5.37. The molecule has 1 aliphatic rings. The van der Waals surface area contributed by atoms with E-state index in [1.54, 1.807) is 20.1 Å². The Morgan fingerprint density at radius 1 is 1.30 bits per heavy atom. The number of ether oxygens (including phenoxy) is 2. The van der Waals surface area contributed by atoms with E-state index in [-0.39, 0.29) is 18.7 Å². The summed E-state index contributed by atoms with van der Waals surface area (Å²) in [6, 6.07) is 4.80. The number of likely N-dealkylation sites (N-methyl/N-ethyl adjacent to an activating group) is 1. The maximum atomic E-state index is 12.5. The second-order valence-corrected chi connectivity index (χ2v) is 6.88. The Bertz CT molecular complexity index is 736. The van der Waals surface area contributed by atoms with Crippen molar-refractivity contribution in [2.75, 3.05) is 27.3 Å². The van der Waals surface area contributed by atoms with Crippen LogP contribution in [0.4, 0.5) is 4.79 Å². The van der Waals surface area contributed by atoms with Crippen molar-refractivity contribution < 1.29 is 24.0 Å². The van der Waals surface area contributed by atoms with Gasteiger partial charge < -0.3 is 25.0 Å². The summed E-state index contributed by atoms with van der Waals surface area (Å²) in [6.07, 6.45) is 0.603. The molecule has 1 aromatic carbocycles. The van der Waals surface area contributed by atoms with E-state index in [1.165, 1.54) is 0 Å². The van der Waals surface area contributed by atoms with Crippen LogP contribution in [0.1, 0.15) is 25.8 Å². The average molecular weight is 397 g/mol. The van der Waals surface area contributed by atoms with E-state index in [4.69, 9.17) is 21.1 Å². The van der Waals surface area contributed by atoms with Crippen molar-refractivity contribution in [3.63, 3.8) is 0 Å². The maximum Gasteiger partial charge on any atom is 0.338 e. The number of hydrogen-bond acceptors (Lipinski definition) is 4. The van der Waals surface area contributed by atoms with Crippen LogP contribution in [0.2, 0.25) is 5.02 Å². The Hall–Kier alpha value is -2.25. The van der Waals surface area contributed by atoms with Crippen LogP contribution < -0.4 is 20.3 Å². The van der Waals surface area contributed by atoms with Crippen LogP contribution in [0.5, 0.6) is 5.75 Å². The van der Waals surface area contributed by atoms with Gasteiger partial charge in [0.25, 0.3) is 0 Å². The van der Waals surface area contributed by atoms with Crippen LogP contribution >= 0.6 is 11.6 Å². The zero-order valence-electron chi connectivity index (χ0n) is 16.1. The molecular formula is C19H27ClN3O4+. The Labute approximate surface area is 164 Å². The first-order valence-corrected chi connectivity index (χ1v) is 9.38. The van der Waals surface area contributed by atoms with Gasteiger partial charge in [-0.2, -0.15) is 0 Å². The fourth-order valence-electron chi connectivity index (χ4n) is 3.18. The molecule has 1 unspecified atom stereocenters. The third-order valence-corrected chi connectivity index (χ3v) is 4.60. The molecule has 0 spiro atoms. The summed E-state index contributed by atoms with van der Waals surface area (Å²) in [6.45, 7) is 5.02. The second-order valence-electron chi connectivity index (χ2n) is 6.44. The molecule has 7 nitrogen and oxygen atoms in total. The molecule has 3 N–H and O–H groups in total. The molecule has 148 valence electrons. The van der Waals surface area contributed by atoms with Gasteiger partial charge in [0.1, 0.15) is 18.8 Å². The number of carbonyl (C=O) groups is 2. The highest BCUT2D eigenvalue weighted by atomic mass is 35.5. The van der Waals surface area contributed by atoms with Crippen molar-refractivity contribution in [2.45, 2.75) is 32.9 Å². The van der Waals surface area contributed by atoms with Gasteiger partial charge in [0.05, 0.1) is 38.1 Å². The van der Waals surface area contributed by atoms with Gasteiger partial charge in [-0.05, 0) is 31.5 Å². The predicted octanol–water partition coefficient (Wildman–Crippen LogP) is 1.27. The molecule has 0 saturated carbocycles. The van der Waals surface area contributed by atoms with Crippen molar-refractivity contribution in [1.29, 1.82) is 0 Å². The van der Waals surface area contributed by atoms with E-state index < -0.39 is 5.97 Å². The van der Waals surface area contributed by atoms with Crippen molar-refractivity contribution >= 4 is 23.6 Å². The minimum atomic E-state index is -0.403. The number of esters is 1. The van der Waals surface area contributed by atoms with E-state index in [2.05, 4.69) is 10.6 Å². The topological polar surface area (TPSA) is 81.1 Å². The van der Waals surface area contributed by atoms with Crippen molar-refractivity contribution in [3.05, 3.63) is 40.1 Å². The summed E-state index contributed by atoms with van der Waals surface area (Å²) in [4.78, 5) is 25.5. The number of quaternary nitrogens is 1. The fourth-order valence-corrected chi connectivity index (χ4v) is 3.37. The molecular weight excluding hydrogens is 370 g/mol. The number of rotatable bonds is 8. The normalized spacial score (nSPS) is 17.8. The number of benzene rings is 1. The number of nitrogens with one attached hydrogen (secondary N) is 3. The van der Waals surface area contributed by atoms with E-state index in [0.29, 0.717) is 35.8 Å². The largest absolute Gasteiger partial charge is 0.496 e. The first kappa shape index (κ1) is 21.1. The highest BCUT2D eigenvalue weighted by Crippen LogP contribution is 2.22. The molecule has 1 heterocycles. The van der Waals surface area contributed by atoms with Crippen LogP contribution in [0.3, 0.4) is 0 Å². The van der Waals surface area contributed by atoms with Crippen LogP contribution in [-0.4, -0.2) is 45.4 Å². The van der Waals surface area contributed by atoms with Gasteiger partial charge in [-0.3, -0.25) is 0 Å². The number of amides is 2. The Morgan fingerprint density at radius 3 is 2.67 bits per heavy atom. The minimum absolute atomic E-state index is 0.280. The maximum absolute atomic E-state index is 12.5. The highest BCUT2D eigenvalue weighted by molar-refractivity contribution is 6.30.